The predicted octanol–water partition coefficient (Wildman–Crippen LogP) is 1.96. The maximum atomic E-state index is 12.0. The lowest BCUT2D eigenvalue weighted by Crippen LogP contribution is -2.34. The zero-order valence-corrected chi connectivity index (χ0v) is 12.2. The van der Waals surface area contributed by atoms with Crippen molar-refractivity contribution in [3.63, 3.8) is 0 Å². The van der Waals surface area contributed by atoms with Gasteiger partial charge in [0.15, 0.2) is 0 Å². The number of aliphatic carboxylic acids is 1. The van der Waals surface area contributed by atoms with Gasteiger partial charge in [0.05, 0.1) is 25.2 Å². The molecule has 1 saturated carbocycles. The number of furan rings is 1. The molecule has 0 spiro atoms. The molecule has 22 heavy (non-hydrogen) atoms. The summed E-state index contributed by atoms with van der Waals surface area (Å²) in [6, 6.07) is 5.42. The Morgan fingerprint density at radius 3 is 2.82 bits per heavy atom. The van der Waals surface area contributed by atoms with E-state index in [1.54, 1.807) is 19.4 Å². The SMILES string of the molecule is COc1ccc2c(CC(=O)NCC3(C(=O)O)CC3)coc2c1. The average Bonchev–Trinajstić information content (AvgIpc) is 3.22. The molecule has 2 N–H and O–H groups in total. The van der Waals surface area contributed by atoms with Crippen molar-refractivity contribution in [3.05, 3.63) is 30.0 Å². The number of nitrogens with one attached hydrogen (secondary N) is 1. The van der Waals surface area contributed by atoms with Gasteiger partial charge in [0, 0.05) is 23.6 Å². The van der Waals surface area contributed by atoms with Gasteiger partial charge in [-0.1, -0.05) is 0 Å². The largest absolute Gasteiger partial charge is 0.497 e. The number of rotatable bonds is 6. The molecule has 0 aliphatic heterocycles. The van der Waals surface area contributed by atoms with E-state index in [2.05, 4.69) is 5.32 Å². The highest BCUT2D eigenvalue weighted by Gasteiger charge is 2.50. The molecule has 0 bridgehead atoms. The van der Waals surface area contributed by atoms with Gasteiger partial charge >= 0.3 is 5.97 Å². The first kappa shape index (κ1) is 14.4. The Bertz CT molecular complexity index is 729. The van der Waals surface area contributed by atoms with Crippen molar-refractivity contribution >= 4 is 22.8 Å². The molecule has 1 aromatic carbocycles. The summed E-state index contributed by atoms with van der Waals surface area (Å²) in [6.07, 6.45) is 2.96. The van der Waals surface area contributed by atoms with Crippen LogP contribution in [0.1, 0.15) is 18.4 Å². The van der Waals surface area contributed by atoms with Gasteiger partial charge in [0.25, 0.3) is 0 Å². The molecule has 1 aliphatic carbocycles. The van der Waals surface area contributed by atoms with Gasteiger partial charge in [-0.2, -0.15) is 0 Å². The number of hydrogen-bond donors (Lipinski definition) is 2. The van der Waals surface area contributed by atoms with Crippen LogP contribution in [-0.2, 0) is 16.0 Å². The summed E-state index contributed by atoms with van der Waals surface area (Å²) >= 11 is 0. The molecule has 1 aromatic heterocycles. The normalized spacial score (nSPS) is 15.5. The third-order valence-electron chi connectivity index (χ3n) is 4.15. The van der Waals surface area contributed by atoms with Crippen LogP contribution in [0.4, 0.5) is 0 Å². The van der Waals surface area contributed by atoms with Crippen LogP contribution in [0.2, 0.25) is 0 Å². The van der Waals surface area contributed by atoms with Crippen LogP contribution in [0.25, 0.3) is 11.0 Å². The van der Waals surface area contributed by atoms with Crippen molar-refractivity contribution in [2.45, 2.75) is 19.3 Å². The minimum atomic E-state index is -0.839. The highest BCUT2D eigenvalue weighted by Crippen LogP contribution is 2.45. The summed E-state index contributed by atoms with van der Waals surface area (Å²) in [4.78, 5) is 23.1. The summed E-state index contributed by atoms with van der Waals surface area (Å²) in [6.45, 7) is 0.185. The first-order chi connectivity index (χ1) is 10.5. The fraction of sp³-hybridized carbons (Fsp3) is 0.375. The highest BCUT2D eigenvalue weighted by atomic mass is 16.5. The molecular weight excluding hydrogens is 286 g/mol. The molecule has 1 amide bonds. The van der Waals surface area contributed by atoms with Crippen LogP contribution in [0.15, 0.2) is 28.9 Å². The van der Waals surface area contributed by atoms with Gasteiger partial charge in [0.1, 0.15) is 11.3 Å². The number of fused-ring (bicyclic) bond motifs is 1. The Kier molecular flexibility index (Phi) is 3.52. The zero-order valence-electron chi connectivity index (χ0n) is 12.2. The first-order valence-corrected chi connectivity index (χ1v) is 7.08. The number of ether oxygens (including phenoxy) is 1. The van der Waals surface area contributed by atoms with Gasteiger partial charge in [-0.3, -0.25) is 9.59 Å². The predicted molar refractivity (Wildman–Crippen MR) is 78.8 cm³/mol. The van der Waals surface area contributed by atoms with Crippen LogP contribution in [0.3, 0.4) is 0 Å². The third kappa shape index (κ3) is 2.64. The Balaban J connectivity index is 1.65. The molecule has 2 aromatic rings. The van der Waals surface area contributed by atoms with Crippen molar-refractivity contribution < 1.29 is 23.8 Å². The fourth-order valence-electron chi connectivity index (χ4n) is 2.45. The second-order valence-corrected chi connectivity index (χ2v) is 5.66. The van der Waals surface area contributed by atoms with E-state index >= 15 is 0 Å². The molecule has 116 valence electrons. The molecule has 3 rings (SSSR count). The van der Waals surface area contributed by atoms with Crippen LogP contribution in [0, 0.1) is 5.41 Å². The van der Waals surface area contributed by atoms with E-state index in [0.29, 0.717) is 24.2 Å². The van der Waals surface area contributed by atoms with Crippen LogP contribution in [0.5, 0.6) is 5.75 Å². The molecule has 1 fully saturated rings. The minimum absolute atomic E-state index is 0.162. The molecular formula is C16H17NO5. The molecule has 1 heterocycles. The second kappa shape index (κ2) is 5.36. The molecule has 0 saturated heterocycles. The van der Waals surface area contributed by atoms with Crippen LogP contribution >= 0.6 is 0 Å². The summed E-state index contributed by atoms with van der Waals surface area (Å²) < 4.78 is 10.6. The number of carbonyl (C=O) groups excluding carboxylic acids is 1. The number of methoxy groups -OCH3 is 1. The quantitative estimate of drug-likeness (QED) is 0.851. The topological polar surface area (TPSA) is 88.8 Å². The summed E-state index contributed by atoms with van der Waals surface area (Å²) in [5.41, 5.74) is 0.684. The van der Waals surface area contributed by atoms with Gasteiger partial charge in [-0.05, 0) is 25.0 Å². The van der Waals surface area contributed by atoms with Crippen molar-refractivity contribution in [2.24, 2.45) is 5.41 Å². The Hall–Kier alpha value is -2.50. The van der Waals surface area contributed by atoms with Crippen molar-refractivity contribution in [1.82, 2.24) is 5.32 Å². The lowest BCUT2D eigenvalue weighted by molar-refractivity contribution is -0.143. The van der Waals surface area contributed by atoms with E-state index in [9.17, 15) is 9.59 Å². The number of amides is 1. The number of carbonyl (C=O) groups is 2. The molecule has 0 unspecified atom stereocenters. The van der Waals surface area contributed by atoms with Crippen LogP contribution in [-0.4, -0.2) is 30.6 Å². The minimum Gasteiger partial charge on any atom is -0.497 e. The number of benzene rings is 1. The van der Waals surface area contributed by atoms with Gasteiger partial charge < -0.3 is 19.6 Å². The lowest BCUT2D eigenvalue weighted by atomic mass is 10.1. The van der Waals surface area contributed by atoms with E-state index in [1.165, 1.54) is 0 Å². The summed E-state index contributed by atoms with van der Waals surface area (Å²) in [7, 11) is 1.58. The zero-order chi connectivity index (χ0) is 15.7. The smallest absolute Gasteiger partial charge is 0.311 e. The van der Waals surface area contributed by atoms with Crippen molar-refractivity contribution in [2.75, 3.05) is 13.7 Å². The summed E-state index contributed by atoms with van der Waals surface area (Å²) in [5.74, 6) is -0.352. The molecule has 6 heteroatoms. The number of carboxylic acid groups (broad SMARTS) is 1. The van der Waals surface area contributed by atoms with Crippen molar-refractivity contribution in [1.29, 1.82) is 0 Å². The lowest BCUT2D eigenvalue weighted by Gasteiger charge is -2.10. The molecule has 1 aliphatic rings. The monoisotopic (exact) mass is 303 g/mol. The van der Waals surface area contributed by atoms with E-state index in [-0.39, 0.29) is 18.9 Å². The number of carboxylic acids is 1. The maximum Gasteiger partial charge on any atom is 0.311 e. The van der Waals surface area contributed by atoms with Crippen LogP contribution < -0.4 is 10.1 Å². The summed E-state index contributed by atoms with van der Waals surface area (Å²) in [5, 5.41) is 12.6. The highest BCUT2D eigenvalue weighted by molar-refractivity contribution is 5.88. The van der Waals surface area contributed by atoms with Gasteiger partial charge in [-0.25, -0.2) is 0 Å². The Morgan fingerprint density at radius 2 is 2.18 bits per heavy atom. The van der Waals surface area contributed by atoms with Crippen molar-refractivity contribution in [3.8, 4) is 5.75 Å². The van der Waals surface area contributed by atoms with Gasteiger partial charge in [0.2, 0.25) is 5.91 Å². The second-order valence-electron chi connectivity index (χ2n) is 5.66. The van der Waals surface area contributed by atoms with E-state index in [1.807, 2.05) is 12.1 Å². The van der Waals surface area contributed by atoms with E-state index in [4.69, 9.17) is 14.3 Å². The Labute approximate surface area is 127 Å². The molecule has 0 atom stereocenters. The first-order valence-electron chi connectivity index (χ1n) is 7.08. The van der Waals surface area contributed by atoms with Gasteiger partial charge in [-0.15, -0.1) is 0 Å². The molecule has 6 nitrogen and oxygen atoms in total. The van der Waals surface area contributed by atoms with E-state index in [0.717, 1.165) is 10.9 Å². The fourth-order valence-corrected chi connectivity index (χ4v) is 2.45. The third-order valence-corrected chi connectivity index (χ3v) is 4.15. The maximum absolute atomic E-state index is 12.0. The average molecular weight is 303 g/mol. The molecule has 0 radical (unpaired) electrons. The number of hydrogen-bond acceptors (Lipinski definition) is 4. The Morgan fingerprint density at radius 1 is 1.41 bits per heavy atom. The standard InChI is InChI=1S/C16H17NO5/c1-21-11-2-3-12-10(8-22-13(12)7-11)6-14(18)17-9-16(4-5-16)15(19)20/h2-3,7-8H,4-6,9H2,1H3,(H,17,18)(H,19,20). The van der Waals surface area contributed by atoms with E-state index < -0.39 is 11.4 Å².